The molecule has 0 bridgehead atoms. The molecule has 0 saturated carbocycles. The standard InChI is InChI=1S/C20H20O6S/c21-11-12-25-13-14-27-26-20(24)17(18(22)15-7-3-1-4-8-15)19(23)16-9-5-2-6-10-16/h1-10,17,21H,11-14H2. The molecule has 0 unspecified atom stereocenters. The van der Waals surface area contributed by atoms with Gasteiger partial charge in [0.2, 0.25) is 0 Å². The lowest BCUT2D eigenvalue weighted by molar-refractivity contribution is -0.134. The van der Waals surface area contributed by atoms with Gasteiger partial charge in [0.15, 0.2) is 17.5 Å². The largest absolute Gasteiger partial charge is 0.394 e. The summed E-state index contributed by atoms with van der Waals surface area (Å²) in [4.78, 5) is 38.1. The number of benzene rings is 2. The van der Waals surface area contributed by atoms with E-state index in [0.717, 1.165) is 12.0 Å². The number of ketones is 2. The lowest BCUT2D eigenvalue weighted by atomic mass is 9.90. The lowest BCUT2D eigenvalue weighted by Gasteiger charge is -2.14. The fraction of sp³-hybridized carbons (Fsp3) is 0.250. The second kappa shape index (κ2) is 11.3. The van der Waals surface area contributed by atoms with Crippen molar-refractivity contribution in [2.24, 2.45) is 5.92 Å². The predicted octanol–water partition coefficient (Wildman–Crippen LogP) is 2.57. The van der Waals surface area contributed by atoms with Gasteiger partial charge in [-0.25, -0.2) is 4.79 Å². The van der Waals surface area contributed by atoms with Gasteiger partial charge >= 0.3 is 5.97 Å². The second-order valence-corrected chi connectivity index (χ2v) is 6.26. The zero-order chi connectivity index (χ0) is 19.5. The number of aliphatic hydroxyl groups excluding tert-OH is 1. The Morgan fingerprint density at radius 2 is 1.37 bits per heavy atom. The Bertz CT molecular complexity index is 696. The van der Waals surface area contributed by atoms with Crippen molar-refractivity contribution < 1.29 is 28.4 Å². The van der Waals surface area contributed by atoms with Gasteiger partial charge in [0.05, 0.1) is 37.6 Å². The first-order valence-corrected chi connectivity index (χ1v) is 9.26. The molecule has 0 radical (unpaired) electrons. The molecule has 6 nitrogen and oxygen atoms in total. The third-order valence-electron chi connectivity index (χ3n) is 3.56. The minimum absolute atomic E-state index is 0.0936. The Kier molecular flexibility index (Phi) is 8.70. The van der Waals surface area contributed by atoms with Crippen molar-refractivity contribution in [2.75, 3.05) is 25.6 Å². The first kappa shape index (κ1) is 20.8. The first-order chi connectivity index (χ1) is 13.1. The molecule has 2 aromatic rings. The molecule has 7 heteroatoms. The zero-order valence-corrected chi connectivity index (χ0v) is 15.4. The van der Waals surface area contributed by atoms with Gasteiger partial charge in [0.25, 0.3) is 0 Å². The van der Waals surface area contributed by atoms with Gasteiger partial charge in [-0.3, -0.25) is 9.59 Å². The highest BCUT2D eigenvalue weighted by molar-refractivity contribution is 7.95. The number of aliphatic hydroxyl groups is 1. The minimum atomic E-state index is -1.57. The van der Waals surface area contributed by atoms with Crippen LogP contribution in [-0.4, -0.2) is 48.2 Å². The molecule has 0 spiro atoms. The van der Waals surface area contributed by atoms with Crippen molar-refractivity contribution in [3.8, 4) is 0 Å². The lowest BCUT2D eigenvalue weighted by Crippen LogP contribution is -2.33. The van der Waals surface area contributed by atoms with Crippen LogP contribution >= 0.6 is 12.0 Å². The minimum Gasteiger partial charge on any atom is -0.394 e. The highest BCUT2D eigenvalue weighted by Gasteiger charge is 2.36. The Labute approximate surface area is 161 Å². The van der Waals surface area contributed by atoms with Crippen LogP contribution in [0.1, 0.15) is 20.7 Å². The topological polar surface area (TPSA) is 89.9 Å². The summed E-state index contributed by atoms with van der Waals surface area (Å²) in [5.74, 6) is -3.37. The summed E-state index contributed by atoms with van der Waals surface area (Å²) in [7, 11) is 0. The molecule has 0 aliphatic rings. The quantitative estimate of drug-likeness (QED) is 0.274. The number of rotatable bonds is 11. The fourth-order valence-corrected chi connectivity index (χ4v) is 2.76. The number of carbonyl (C=O) groups excluding carboxylic acids is 3. The molecule has 142 valence electrons. The molecule has 27 heavy (non-hydrogen) atoms. The van der Waals surface area contributed by atoms with E-state index in [1.165, 1.54) is 0 Å². The first-order valence-electron chi connectivity index (χ1n) is 8.35. The van der Waals surface area contributed by atoms with Crippen LogP contribution in [0.5, 0.6) is 0 Å². The number of Topliss-reactive ketones (excluding diaryl/α,β-unsaturated/α-hetero) is 2. The molecule has 0 fully saturated rings. The van der Waals surface area contributed by atoms with E-state index in [2.05, 4.69) is 0 Å². The monoisotopic (exact) mass is 388 g/mol. The van der Waals surface area contributed by atoms with Crippen molar-refractivity contribution in [1.82, 2.24) is 0 Å². The molecule has 2 aromatic carbocycles. The van der Waals surface area contributed by atoms with Gasteiger partial charge in [0.1, 0.15) is 0 Å². The fourth-order valence-electron chi connectivity index (χ4n) is 2.28. The van der Waals surface area contributed by atoms with Crippen molar-refractivity contribution in [2.45, 2.75) is 0 Å². The van der Waals surface area contributed by atoms with Crippen LogP contribution in [0, 0.1) is 5.92 Å². The van der Waals surface area contributed by atoms with Gasteiger partial charge in [-0.15, -0.1) is 0 Å². The molecule has 0 aromatic heterocycles. The summed E-state index contributed by atoms with van der Waals surface area (Å²) < 4.78 is 10.1. The molecular weight excluding hydrogens is 368 g/mol. The van der Waals surface area contributed by atoms with Crippen molar-refractivity contribution in [3.63, 3.8) is 0 Å². The molecule has 0 amide bonds. The summed E-state index contributed by atoms with van der Waals surface area (Å²) in [5, 5.41) is 8.63. The maximum atomic E-state index is 12.8. The van der Waals surface area contributed by atoms with Gasteiger partial charge < -0.3 is 14.0 Å². The number of ether oxygens (including phenoxy) is 1. The zero-order valence-electron chi connectivity index (χ0n) is 14.6. The van der Waals surface area contributed by atoms with Crippen LogP contribution in [0.15, 0.2) is 60.7 Å². The highest BCUT2D eigenvalue weighted by Crippen LogP contribution is 2.19. The molecular formula is C20H20O6S. The Hall–Kier alpha value is -2.48. The normalized spacial score (nSPS) is 10.6. The molecule has 0 aliphatic heterocycles. The van der Waals surface area contributed by atoms with Crippen molar-refractivity contribution >= 4 is 29.6 Å². The molecule has 0 atom stereocenters. The van der Waals surface area contributed by atoms with Crippen molar-refractivity contribution in [1.29, 1.82) is 0 Å². The number of hydrogen-bond donors (Lipinski definition) is 1. The summed E-state index contributed by atoms with van der Waals surface area (Å²) in [6.45, 7) is 0.363. The Morgan fingerprint density at radius 1 is 0.852 bits per heavy atom. The summed E-state index contributed by atoms with van der Waals surface area (Å²) in [6.07, 6.45) is 0. The molecule has 0 saturated heterocycles. The predicted molar refractivity (Wildman–Crippen MR) is 101 cm³/mol. The van der Waals surface area contributed by atoms with E-state index in [4.69, 9.17) is 14.0 Å². The van der Waals surface area contributed by atoms with Crippen LogP contribution in [0.2, 0.25) is 0 Å². The average molecular weight is 388 g/mol. The third-order valence-corrected chi connectivity index (χ3v) is 4.18. The van der Waals surface area contributed by atoms with E-state index < -0.39 is 23.5 Å². The van der Waals surface area contributed by atoms with Gasteiger partial charge in [-0.05, 0) is 0 Å². The van der Waals surface area contributed by atoms with Crippen LogP contribution < -0.4 is 0 Å². The Balaban J connectivity index is 2.11. The van der Waals surface area contributed by atoms with E-state index in [1.807, 2.05) is 0 Å². The Morgan fingerprint density at radius 3 is 1.85 bits per heavy atom. The number of hydrogen-bond acceptors (Lipinski definition) is 7. The molecule has 2 rings (SSSR count). The summed E-state index contributed by atoms with van der Waals surface area (Å²) >= 11 is 0.805. The molecule has 0 aliphatic carbocycles. The van der Waals surface area contributed by atoms with Crippen LogP contribution in [0.4, 0.5) is 0 Å². The van der Waals surface area contributed by atoms with Crippen LogP contribution in [-0.2, 0) is 13.7 Å². The van der Waals surface area contributed by atoms with E-state index in [9.17, 15) is 14.4 Å². The van der Waals surface area contributed by atoms with E-state index >= 15 is 0 Å². The van der Waals surface area contributed by atoms with E-state index in [1.54, 1.807) is 60.7 Å². The second-order valence-electron chi connectivity index (χ2n) is 5.45. The van der Waals surface area contributed by atoms with E-state index in [-0.39, 0.29) is 30.9 Å². The van der Waals surface area contributed by atoms with Crippen LogP contribution in [0.3, 0.4) is 0 Å². The molecule has 0 heterocycles. The smallest absolute Gasteiger partial charge is 0.336 e. The van der Waals surface area contributed by atoms with E-state index in [0.29, 0.717) is 5.75 Å². The van der Waals surface area contributed by atoms with Crippen molar-refractivity contribution in [3.05, 3.63) is 71.8 Å². The van der Waals surface area contributed by atoms with Gasteiger partial charge in [-0.2, -0.15) is 0 Å². The third kappa shape index (κ3) is 6.32. The molecule has 1 N–H and O–H groups in total. The average Bonchev–Trinajstić information content (AvgIpc) is 2.72. The summed E-state index contributed by atoms with van der Waals surface area (Å²) in [6, 6.07) is 16.3. The highest BCUT2D eigenvalue weighted by atomic mass is 32.2. The maximum Gasteiger partial charge on any atom is 0.336 e. The van der Waals surface area contributed by atoms with Gasteiger partial charge in [0, 0.05) is 11.1 Å². The van der Waals surface area contributed by atoms with Gasteiger partial charge in [-0.1, -0.05) is 60.7 Å². The summed E-state index contributed by atoms with van der Waals surface area (Å²) in [5.41, 5.74) is 0.528. The van der Waals surface area contributed by atoms with Crippen LogP contribution in [0.25, 0.3) is 0 Å². The number of carbonyl (C=O) groups is 3. The maximum absolute atomic E-state index is 12.8. The SMILES string of the molecule is O=C(OSCCOCCO)C(C(=O)c1ccccc1)C(=O)c1ccccc1.